The van der Waals surface area contributed by atoms with Crippen LogP contribution in [0.4, 0.5) is 0 Å². The maximum absolute atomic E-state index is 12.4. The Balaban J connectivity index is 2.61. The lowest BCUT2D eigenvalue weighted by molar-refractivity contribution is 0.0921. The molecule has 1 amide bonds. The van der Waals surface area contributed by atoms with Crippen molar-refractivity contribution in [1.82, 2.24) is 20.5 Å². The van der Waals surface area contributed by atoms with Crippen molar-refractivity contribution in [3.05, 3.63) is 29.6 Å². The van der Waals surface area contributed by atoms with Gasteiger partial charge in [-0.2, -0.15) is 0 Å². The Kier molecular flexibility index (Phi) is 3.70. The fraction of sp³-hybridized carbons (Fsp3) is 0.500. The molecule has 2 aromatic rings. The van der Waals surface area contributed by atoms with Gasteiger partial charge in [-0.3, -0.25) is 4.79 Å². The molecular formula is C16H22N4O. The van der Waals surface area contributed by atoms with Gasteiger partial charge in [0.2, 0.25) is 0 Å². The number of amides is 1. The van der Waals surface area contributed by atoms with E-state index in [9.17, 15) is 4.79 Å². The highest BCUT2D eigenvalue weighted by Crippen LogP contribution is 2.29. The molecule has 0 saturated carbocycles. The van der Waals surface area contributed by atoms with Crippen LogP contribution in [0, 0.1) is 0 Å². The molecule has 0 aliphatic heterocycles. The Morgan fingerprint density at radius 2 is 1.71 bits per heavy atom. The summed E-state index contributed by atoms with van der Waals surface area (Å²) in [7, 11) is 0. The number of carbonyl (C=O) groups is 1. The van der Waals surface area contributed by atoms with Crippen molar-refractivity contribution < 1.29 is 4.79 Å². The third-order valence-electron chi connectivity index (χ3n) is 3.09. The zero-order chi connectivity index (χ0) is 15.8. The number of nitrogens with zero attached hydrogens (tertiary/aromatic N) is 3. The molecule has 0 aliphatic rings. The Hall–Kier alpha value is -2.04. The summed E-state index contributed by atoms with van der Waals surface area (Å²) in [6.07, 6.45) is 1.42. The summed E-state index contributed by atoms with van der Waals surface area (Å²) in [6, 6.07) is 3.76. The monoisotopic (exact) mass is 286 g/mol. The predicted octanol–water partition coefficient (Wildman–Crippen LogP) is 2.85. The Bertz CT molecular complexity index is 681. The minimum absolute atomic E-state index is 0.0761. The van der Waals surface area contributed by atoms with Crippen molar-refractivity contribution in [1.29, 1.82) is 0 Å². The summed E-state index contributed by atoms with van der Waals surface area (Å²) in [6.45, 7) is 12.2. The van der Waals surface area contributed by atoms with E-state index in [2.05, 4.69) is 41.3 Å². The second kappa shape index (κ2) is 5.06. The van der Waals surface area contributed by atoms with Gasteiger partial charge >= 0.3 is 0 Å². The first-order valence-corrected chi connectivity index (χ1v) is 7.03. The van der Waals surface area contributed by atoms with Crippen LogP contribution in [0.1, 0.15) is 57.5 Å². The number of carbonyl (C=O) groups excluding carboxylic acids is 1. The molecule has 0 aliphatic carbocycles. The van der Waals surface area contributed by atoms with Crippen LogP contribution < -0.4 is 5.32 Å². The first-order chi connectivity index (χ1) is 9.59. The highest BCUT2D eigenvalue weighted by molar-refractivity contribution is 6.05. The van der Waals surface area contributed by atoms with Crippen LogP contribution in [0.3, 0.4) is 0 Å². The van der Waals surface area contributed by atoms with Gasteiger partial charge in [0.05, 0.1) is 11.1 Å². The molecule has 112 valence electrons. The van der Waals surface area contributed by atoms with E-state index in [1.54, 1.807) is 6.07 Å². The lowest BCUT2D eigenvalue weighted by atomic mass is 9.85. The van der Waals surface area contributed by atoms with Gasteiger partial charge in [-0.15, -0.1) is 10.2 Å². The second-order valence-corrected chi connectivity index (χ2v) is 7.27. The summed E-state index contributed by atoms with van der Waals surface area (Å²) >= 11 is 0. The molecule has 0 bridgehead atoms. The summed E-state index contributed by atoms with van der Waals surface area (Å²) in [5, 5.41) is 10.9. The van der Waals surface area contributed by atoms with Crippen LogP contribution in [0.25, 0.3) is 11.0 Å². The zero-order valence-electron chi connectivity index (χ0n) is 13.5. The first kappa shape index (κ1) is 15.4. The summed E-state index contributed by atoms with van der Waals surface area (Å²) in [4.78, 5) is 16.8. The van der Waals surface area contributed by atoms with E-state index in [0.717, 1.165) is 11.1 Å². The van der Waals surface area contributed by atoms with Crippen LogP contribution in [0.15, 0.2) is 18.5 Å². The van der Waals surface area contributed by atoms with E-state index in [-0.39, 0.29) is 16.9 Å². The average Bonchev–Trinajstić information content (AvgIpc) is 2.34. The average molecular weight is 286 g/mol. The van der Waals surface area contributed by atoms with E-state index in [1.165, 1.54) is 6.33 Å². The zero-order valence-corrected chi connectivity index (χ0v) is 13.5. The van der Waals surface area contributed by atoms with Crippen molar-refractivity contribution in [2.24, 2.45) is 0 Å². The fourth-order valence-corrected chi connectivity index (χ4v) is 2.18. The van der Waals surface area contributed by atoms with Crippen molar-refractivity contribution in [2.75, 3.05) is 0 Å². The minimum Gasteiger partial charge on any atom is -0.347 e. The molecule has 21 heavy (non-hydrogen) atoms. The number of aromatic nitrogens is 3. The fourth-order valence-electron chi connectivity index (χ4n) is 2.18. The van der Waals surface area contributed by atoms with Crippen LogP contribution in [-0.4, -0.2) is 26.6 Å². The molecule has 0 spiro atoms. The van der Waals surface area contributed by atoms with E-state index in [1.807, 2.05) is 26.8 Å². The van der Waals surface area contributed by atoms with Crippen molar-refractivity contribution >= 4 is 16.9 Å². The van der Waals surface area contributed by atoms with E-state index < -0.39 is 0 Å². The third kappa shape index (κ3) is 3.35. The van der Waals surface area contributed by atoms with E-state index >= 15 is 0 Å². The van der Waals surface area contributed by atoms with Crippen molar-refractivity contribution in [3.63, 3.8) is 0 Å². The molecule has 0 fully saturated rings. The van der Waals surface area contributed by atoms with E-state index in [4.69, 9.17) is 0 Å². The molecule has 5 nitrogen and oxygen atoms in total. The minimum atomic E-state index is -0.304. The Labute approximate surface area is 125 Å². The Morgan fingerprint density at radius 1 is 1.05 bits per heavy atom. The number of nitrogens with one attached hydrogen (secondary N) is 1. The van der Waals surface area contributed by atoms with Crippen LogP contribution in [-0.2, 0) is 5.41 Å². The molecule has 2 rings (SSSR count). The molecule has 1 aromatic heterocycles. The summed E-state index contributed by atoms with van der Waals surface area (Å²) in [5.74, 6) is -0.157. The number of fused-ring (bicyclic) bond motifs is 1. The molecule has 1 heterocycles. The van der Waals surface area contributed by atoms with Crippen molar-refractivity contribution in [3.8, 4) is 0 Å². The van der Waals surface area contributed by atoms with Gasteiger partial charge < -0.3 is 5.32 Å². The van der Waals surface area contributed by atoms with Gasteiger partial charge in [-0.1, -0.05) is 26.8 Å². The standard InChI is InChI=1S/C16H22N4O/c1-15(2,3)11-8-7-10(14(21)19-16(4,5)6)12-13(11)17-9-18-20-12/h7-9H,1-6H3,(H,19,21). The smallest absolute Gasteiger partial charge is 0.254 e. The maximum atomic E-state index is 12.4. The third-order valence-corrected chi connectivity index (χ3v) is 3.09. The molecule has 1 N–H and O–H groups in total. The first-order valence-electron chi connectivity index (χ1n) is 7.03. The lowest BCUT2D eigenvalue weighted by Gasteiger charge is -2.23. The van der Waals surface area contributed by atoms with Gasteiger partial charge in [0.1, 0.15) is 11.8 Å². The van der Waals surface area contributed by atoms with Gasteiger partial charge in [0.15, 0.2) is 0 Å². The van der Waals surface area contributed by atoms with Gasteiger partial charge in [-0.05, 0) is 37.8 Å². The molecular weight excluding hydrogens is 264 g/mol. The molecule has 1 aromatic carbocycles. The highest BCUT2D eigenvalue weighted by Gasteiger charge is 2.23. The molecule has 0 atom stereocenters. The van der Waals surface area contributed by atoms with Crippen LogP contribution >= 0.6 is 0 Å². The quantitative estimate of drug-likeness (QED) is 0.875. The van der Waals surface area contributed by atoms with Gasteiger partial charge in [0, 0.05) is 5.54 Å². The largest absolute Gasteiger partial charge is 0.347 e. The normalized spacial score (nSPS) is 12.5. The maximum Gasteiger partial charge on any atom is 0.254 e. The number of hydrogen-bond acceptors (Lipinski definition) is 4. The summed E-state index contributed by atoms with van der Waals surface area (Å²) < 4.78 is 0. The number of benzene rings is 1. The van der Waals surface area contributed by atoms with Crippen LogP contribution in [0.2, 0.25) is 0 Å². The summed E-state index contributed by atoms with van der Waals surface area (Å²) in [5.41, 5.74) is 2.47. The second-order valence-electron chi connectivity index (χ2n) is 7.27. The highest BCUT2D eigenvalue weighted by atomic mass is 16.1. The topological polar surface area (TPSA) is 67.8 Å². The van der Waals surface area contributed by atoms with E-state index in [0.29, 0.717) is 11.1 Å². The molecule has 0 unspecified atom stereocenters. The SMILES string of the molecule is CC(C)(C)NC(=O)c1ccc(C(C)(C)C)c2ncnnc12. The predicted molar refractivity (Wildman–Crippen MR) is 83.3 cm³/mol. The Morgan fingerprint density at radius 3 is 2.29 bits per heavy atom. The molecule has 5 heteroatoms. The molecule has 0 saturated heterocycles. The molecule has 0 radical (unpaired) electrons. The van der Waals surface area contributed by atoms with Gasteiger partial charge in [0.25, 0.3) is 5.91 Å². The van der Waals surface area contributed by atoms with Gasteiger partial charge in [-0.25, -0.2) is 4.98 Å². The van der Waals surface area contributed by atoms with Crippen molar-refractivity contribution in [2.45, 2.75) is 52.5 Å². The lowest BCUT2D eigenvalue weighted by Crippen LogP contribution is -2.40. The number of rotatable bonds is 1. The number of hydrogen-bond donors (Lipinski definition) is 1. The van der Waals surface area contributed by atoms with Crippen LogP contribution in [0.5, 0.6) is 0 Å².